The lowest BCUT2D eigenvalue weighted by molar-refractivity contribution is 0.102. The summed E-state index contributed by atoms with van der Waals surface area (Å²) in [6.07, 6.45) is 6.75. The van der Waals surface area contributed by atoms with Crippen LogP contribution in [0.3, 0.4) is 0 Å². The molecule has 7 nitrogen and oxygen atoms in total. The molecule has 0 saturated carbocycles. The summed E-state index contributed by atoms with van der Waals surface area (Å²) < 4.78 is 1.59. The van der Waals surface area contributed by atoms with Crippen molar-refractivity contribution in [2.24, 2.45) is 0 Å². The standard InChI is InChI=1S/C19H14N6O/c26-18(16-8-4-9-17(23-16)25-11-5-10-22-25)24-19-20-12-15(13-21-19)14-6-2-1-3-7-14/h1-13H,(H,20,21,24,26). The summed E-state index contributed by atoms with van der Waals surface area (Å²) in [5.41, 5.74) is 2.15. The summed E-state index contributed by atoms with van der Waals surface area (Å²) >= 11 is 0. The minimum Gasteiger partial charge on any atom is -0.289 e. The van der Waals surface area contributed by atoms with E-state index in [0.29, 0.717) is 5.82 Å². The van der Waals surface area contributed by atoms with E-state index in [0.717, 1.165) is 11.1 Å². The van der Waals surface area contributed by atoms with Gasteiger partial charge in [-0.3, -0.25) is 10.1 Å². The van der Waals surface area contributed by atoms with Crippen LogP contribution < -0.4 is 5.32 Å². The van der Waals surface area contributed by atoms with E-state index in [1.54, 1.807) is 53.7 Å². The van der Waals surface area contributed by atoms with Crippen LogP contribution in [0.15, 0.2) is 79.4 Å². The van der Waals surface area contributed by atoms with Gasteiger partial charge < -0.3 is 0 Å². The molecule has 1 N–H and O–H groups in total. The van der Waals surface area contributed by atoms with Crippen LogP contribution in [0.5, 0.6) is 0 Å². The Labute approximate surface area is 149 Å². The molecule has 4 rings (SSSR count). The van der Waals surface area contributed by atoms with E-state index in [9.17, 15) is 4.79 Å². The Bertz CT molecular complexity index is 1010. The average Bonchev–Trinajstić information content (AvgIpc) is 3.24. The second-order valence-corrected chi connectivity index (χ2v) is 5.45. The molecule has 126 valence electrons. The lowest BCUT2D eigenvalue weighted by Crippen LogP contribution is -2.16. The molecule has 3 heterocycles. The van der Waals surface area contributed by atoms with Crippen LogP contribution in [0.1, 0.15) is 10.5 Å². The molecule has 4 aromatic rings. The quantitative estimate of drug-likeness (QED) is 0.616. The summed E-state index contributed by atoms with van der Waals surface area (Å²) in [5, 5.41) is 6.76. The molecule has 0 fully saturated rings. The van der Waals surface area contributed by atoms with Gasteiger partial charge in [-0.15, -0.1) is 0 Å². The fourth-order valence-electron chi connectivity index (χ4n) is 2.42. The largest absolute Gasteiger partial charge is 0.289 e. The minimum atomic E-state index is -0.383. The molecule has 0 bridgehead atoms. The third-order valence-electron chi connectivity index (χ3n) is 3.69. The molecular formula is C19H14N6O. The zero-order chi connectivity index (χ0) is 17.8. The fraction of sp³-hybridized carbons (Fsp3) is 0. The number of aromatic nitrogens is 5. The van der Waals surface area contributed by atoms with Crippen LogP contribution in [0, 0.1) is 0 Å². The van der Waals surface area contributed by atoms with E-state index in [1.807, 2.05) is 30.3 Å². The number of nitrogens with one attached hydrogen (secondary N) is 1. The van der Waals surface area contributed by atoms with E-state index in [1.165, 1.54) is 0 Å². The summed E-state index contributed by atoms with van der Waals surface area (Å²) in [6.45, 7) is 0. The predicted molar refractivity (Wildman–Crippen MR) is 96.8 cm³/mol. The number of benzene rings is 1. The van der Waals surface area contributed by atoms with Gasteiger partial charge in [0.15, 0.2) is 5.82 Å². The van der Waals surface area contributed by atoms with Crippen molar-refractivity contribution in [3.8, 4) is 16.9 Å². The average molecular weight is 342 g/mol. The van der Waals surface area contributed by atoms with Gasteiger partial charge in [0.2, 0.25) is 5.95 Å². The predicted octanol–water partition coefficient (Wildman–Crippen LogP) is 2.98. The summed E-state index contributed by atoms with van der Waals surface area (Å²) in [7, 11) is 0. The summed E-state index contributed by atoms with van der Waals surface area (Å²) in [4.78, 5) is 25.1. The third-order valence-corrected chi connectivity index (χ3v) is 3.69. The van der Waals surface area contributed by atoms with E-state index in [2.05, 4.69) is 25.4 Å². The van der Waals surface area contributed by atoms with Gasteiger partial charge in [0.25, 0.3) is 5.91 Å². The second kappa shape index (κ2) is 6.94. The van der Waals surface area contributed by atoms with Crippen LogP contribution >= 0.6 is 0 Å². The lowest BCUT2D eigenvalue weighted by atomic mass is 10.1. The Morgan fingerprint density at radius 3 is 2.42 bits per heavy atom. The molecule has 0 aliphatic carbocycles. The van der Waals surface area contributed by atoms with Crippen molar-refractivity contribution in [3.63, 3.8) is 0 Å². The number of hydrogen-bond acceptors (Lipinski definition) is 5. The van der Waals surface area contributed by atoms with Crippen molar-refractivity contribution in [2.45, 2.75) is 0 Å². The third kappa shape index (κ3) is 3.32. The van der Waals surface area contributed by atoms with Gasteiger partial charge in [0.05, 0.1) is 0 Å². The second-order valence-electron chi connectivity index (χ2n) is 5.45. The maximum atomic E-state index is 12.4. The first-order chi connectivity index (χ1) is 12.8. The smallest absolute Gasteiger partial charge is 0.276 e. The van der Waals surface area contributed by atoms with Crippen molar-refractivity contribution in [1.29, 1.82) is 0 Å². The SMILES string of the molecule is O=C(Nc1ncc(-c2ccccc2)cn1)c1cccc(-n2cccn2)n1. The maximum Gasteiger partial charge on any atom is 0.276 e. The van der Waals surface area contributed by atoms with Gasteiger partial charge in [-0.25, -0.2) is 19.6 Å². The van der Waals surface area contributed by atoms with Gasteiger partial charge in [-0.1, -0.05) is 36.4 Å². The summed E-state index contributed by atoms with van der Waals surface area (Å²) in [5.74, 6) is 0.399. The Morgan fingerprint density at radius 1 is 0.885 bits per heavy atom. The highest BCUT2D eigenvalue weighted by Gasteiger charge is 2.11. The normalized spacial score (nSPS) is 10.5. The monoisotopic (exact) mass is 342 g/mol. The van der Waals surface area contributed by atoms with Crippen LogP contribution in [0.25, 0.3) is 16.9 Å². The molecule has 0 aliphatic heterocycles. The van der Waals surface area contributed by atoms with Crippen LogP contribution in [0.2, 0.25) is 0 Å². The van der Waals surface area contributed by atoms with E-state index in [-0.39, 0.29) is 17.5 Å². The fourth-order valence-corrected chi connectivity index (χ4v) is 2.42. The van der Waals surface area contributed by atoms with Crippen molar-refractivity contribution in [2.75, 3.05) is 5.32 Å². The molecule has 1 aromatic carbocycles. The molecule has 26 heavy (non-hydrogen) atoms. The number of nitrogens with zero attached hydrogens (tertiary/aromatic N) is 5. The molecule has 0 unspecified atom stereocenters. The lowest BCUT2D eigenvalue weighted by Gasteiger charge is -2.06. The molecule has 0 radical (unpaired) electrons. The Balaban J connectivity index is 1.51. The highest BCUT2D eigenvalue weighted by atomic mass is 16.2. The zero-order valence-corrected chi connectivity index (χ0v) is 13.6. The first kappa shape index (κ1) is 15.6. The Morgan fingerprint density at radius 2 is 1.69 bits per heavy atom. The van der Waals surface area contributed by atoms with Crippen LogP contribution in [0.4, 0.5) is 5.95 Å². The van der Waals surface area contributed by atoms with Crippen molar-refractivity contribution >= 4 is 11.9 Å². The highest BCUT2D eigenvalue weighted by Crippen LogP contribution is 2.17. The van der Waals surface area contributed by atoms with Gasteiger partial charge in [0.1, 0.15) is 5.69 Å². The number of amides is 1. The maximum absolute atomic E-state index is 12.4. The number of rotatable bonds is 4. The molecule has 3 aromatic heterocycles. The van der Waals surface area contributed by atoms with E-state index >= 15 is 0 Å². The van der Waals surface area contributed by atoms with Gasteiger partial charge in [0, 0.05) is 30.4 Å². The van der Waals surface area contributed by atoms with Crippen molar-refractivity contribution in [3.05, 3.63) is 85.1 Å². The minimum absolute atomic E-state index is 0.223. The molecule has 1 amide bonds. The first-order valence-electron chi connectivity index (χ1n) is 7.95. The Hall–Kier alpha value is -3.87. The molecule has 0 spiro atoms. The number of pyridine rings is 1. The van der Waals surface area contributed by atoms with Crippen molar-refractivity contribution < 1.29 is 4.79 Å². The zero-order valence-electron chi connectivity index (χ0n) is 13.6. The van der Waals surface area contributed by atoms with E-state index in [4.69, 9.17) is 0 Å². The van der Waals surface area contributed by atoms with Gasteiger partial charge in [-0.05, 0) is 23.8 Å². The molecule has 0 saturated heterocycles. The molecule has 0 atom stereocenters. The van der Waals surface area contributed by atoms with Crippen LogP contribution in [-0.4, -0.2) is 30.6 Å². The number of hydrogen-bond donors (Lipinski definition) is 1. The van der Waals surface area contributed by atoms with Gasteiger partial charge >= 0.3 is 0 Å². The van der Waals surface area contributed by atoms with E-state index < -0.39 is 0 Å². The first-order valence-corrected chi connectivity index (χ1v) is 7.95. The number of carbonyl (C=O) groups is 1. The van der Waals surface area contributed by atoms with Crippen molar-refractivity contribution in [1.82, 2.24) is 24.7 Å². The number of anilines is 1. The molecular weight excluding hydrogens is 328 g/mol. The highest BCUT2D eigenvalue weighted by molar-refractivity contribution is 6.01. The van der Waals surface area contributed by atoms with Crippen LogP contribution in [-0.2, 0) is 0 Å². The Kier molecular flexibility index (Phi) is 4.17. The van der Waals surface area contributed by atoms with Gasteiger partial charge in [-0.2, -0.15) is 5.10 Å². The molecule has 7 heteroatoms. The number of carbonyl (C=O) groups excluding carboxylic acids is 1. The summed E-state index contributed by atoms with van der Waals surface area (Å²) in [6, 6.07) is 16.7. The topological polar surface area (TPSA) is 85.6 Å². The molecule has 0 aliphatic rings.